The van der Waals surface area contributed by atoms with Crippen molar-refractivity contribution in [3.8, 4) is 5.75 Å². The van der Waals surface area contributed by atoms with Crippen LogP contribution in [0.25, 0.3) is 21.7 Å². The molecule has 5 aromatic rings. The molecule has 14 unspecified atom stereocenters. The smallest absolute Gasteiger partial charge is 0.246 e. The van der Waals surface area contributed by atoms with Gasteiger partial charge < -0.3 is 128 Å². The lowest BCUT2D eigenvalue weighted by atomic mass is 9.76. The molecule has 42 nitrogen and oxygen atoms in total. The van der Waals surface area contributed by atoms with E-state index in [1.165, 1.54) is 34.6 Å². The SMILES string of the molecule is CC(=O)NCCCCC(NC(=O)C1(NC(=O)C(Cc2ccc3ccccc3c2)NC(=O)C(Cc2ccc(OCCNC3CCCC(C4CCC(O)CC4)CC3)cc2)NC(=O)C2NC(=O)C(CCC(N)=O)NC(=O)C(Cc3c[nH]c4ccccc34)NC(=O)C(C(C)O)NC(=O)C(CC(N)=O)NC(=O)C(NC(C)=O)C(C)(C)SSC2(C)C)CCOCC1)C(=O)NC(CC(N)=O)C(=O)NC(CC(N)=O)C(N)=O. The number of rotatable bonds is 41. The predicted octanol–water partition coefficient (Wildman–Crippen LogP) is -1.15. The van der Waals surface area contributed by atoms with Gasteiger partial charge in [-0.2, -0.15) is 0 Å². The van der Waals surface area contributed by atoms with E-state index in [0.29, 0.717) is 57.1 Å². The molecule has 44 heteroatoms. The van der Waals surface area contributed by atoms with Crippen LogP contribution in [0.1, 0.15) is 187 Å². The van der Waals surface area contributed by atoms with Gasteiger partial charge in [-0.3, -0.25) is 86.3 Å². The van der Waals surface area contributed by atoms with Crippen molar-refractivity contribution < 1.29 is 106 Å². The van der Waals surface area contributed by atoms with Crippen LogP contribution in [0.4, 0.5) is 0 Å². The molecule has 0 spiro atoms. The highest BCUT2D eigenvalue weighted by molar-refractivity contribution is 8.77. The minimum absolute atomic E-state index is 0.102. The maximum atomic E-state index is 16.4. The summed E-state index contributed by atoms with van der Waals surface area (Å²) < 4.78 is 8.77. The highest BCUT2D eigenvalue weighted by atomic mass is 33.1. The summed E-state index contributed by atoms with van der Waals surface area (Å²) >= 11 is 0. The van der Waals surface area contributed by atoms with Crippen LogP contribution in [0.3, 0.4) is 0 Å². The molecule has 2 saturated heterocycles. The summed E-state index contributed by atoms with van der Waals surface area (Å²) in [6.45, 7) is 10.0. The van der Waals surface area contributed by atoms with Gasteiger partial charge in [0.25, 0.3) is 0 Å². The van der Waals surface area contributed by atoms with E-state index >= 15 is 28.8 Å². The monoisotopic (exact) mass is 1970 g/mol. The van der Waals surface area contributed by atoms with Crippen LogP contribution in [0.2, 0.25) is 0 Å². The van der Waals surface area contributed by atoms with Gasteiger partial charge in [-0.25, -0.2) is 0 Å². The van der Waals surface area contributed by atoms with Crippen LogP contribution in [0.5, 0.6) is 5.75 Å². The van der Waals surface area contributed by atoms with Gasteiger partial charge in [0, 0.05) is 111 Å². The first-order chi connectivity index (χ1) is 65.9. The number of amides is 18. The third-order valence-corrected chi connectivity index (χ3v) is 29.7. The Bertz CT molecular complexity index is 5220. The normalized spacial score (nSPS) is 22.8. The number of aliphatic hydroxyl groups is 2. The third-order valence-electron chi connectivity index (χ3n) is 25.4. The summed E-state index contributed by atoms with van der Waals surface area (Å²) in [4.78, 5) is 259. The molecule has 4 fully saturated rings. The fourth-order valence-electron chi connectivity index (χ4n) is 17.7. The summed E-state index contributed by atoms with van der Waals surface area (Å²) in [6.07, 6.45) is 3.20. The van der Waals surface area contributed by atoms with Gasteiger partial charge in [0.15, 0.2) is 0 Å². The molecule has 2 saturated carbocycles. The number of hydrogen-bond donors (Lipinski definition) is 22. The standard InChI is InChI=1S/C95H134N20O22S2/c1-51(116)78-89(132)109-71(46-60-50-103-65-20-11-10-19-64(60)65)85(128)105-67(34-35-74(96)120)83(126)114-80(94(6,7)139-138-93(4,5)79(104-53(3)118)90(133)111-73(49-77(99)123)87(130)113-78)91(134)110-69(44-54-23-32-63(33-24-54)137-42-39-102-61-18-14-17-56(26-29-61)58-27-30-62(119)31-28-58)84(127)107-70(45-55-22-25-57-15-8-9-16-59(57)43-55)88(131)115-95(36-40-136-41-37-95)92(135)112-66(21-12-13-38-101-52(2)117)82(125)108-72(48-76(98)122)86(129)106-68(81(100)124)47-75(97)121/h8-11,15-16,19-20,22-25,32-33,43,50-51,56,58,61-62,66-73,78-80,102-103,116,119H,12-14,17-18,21,26-31,34-42,44-49H2,1-7H3,(H2,96,120)(H2,97,121)(H2,98,122)(H2,99,123)(H2,100,124)(H,101,117)(H,104,118)(H,105,128)(H,106,129)(H,107,127)(H,108,125)(H,109,132)(H,110,134)(H,111,133)(H,112,135)(H,113,130)(H,114,126)(H,115,131). The Labute approximate surface area is 813 Å². The van der Waals surface area contributed by atoms with E-state index in [0.717, 1.165) is 98.6 Å². The van der Waals surface area contributed by atoms with Gasteiger partial charge in [-0.05, 0) is 163 Å². The second kappa shape index (κ2) is 51.9. The third kappa shape index (κ3) is 33.6. The number of carbonyl (C=O) groups is 18. The Hall–Kier alpha value is -12.5. The molecule has 18 amide bonds. The number of para-hydroxylation sites is 1. The number of benzene rings is 4. The van der Waals surface area contributed by atoms with Crippen LogP contribution < -0.4 is 108 Å². The number of primary amides is 5. The van der Waals surface area contributed by atoms with Crippen LogP contribution >= 0.6 is 21.6 Å². The number of unbranched alkanes of at least 4 members (excludes halogenated alkanes) is 1. The molecule has 4 aliphatic rings. The minimum Gasteiger partial charge on any atom is -0.492 e. The number of ether oxygens (including phenoxy) is 2. The lowest BCUT2D eigenvalue weighted by molar-refractivity contribution is -0.141. The molecule has 758 valence electrons. The fraction of sp³-hybridized carbons (Fsp3) is 0.558. The molecule has 14 atom stereocenters. The van der Waals surface area contributed by atoms with Crippen LogP contribution in [-0.4, -0.2) is 254 Å². The molecule has 0 radical (unpaired) electrons. The van der Waals surface area contributed by atoms with Gasteiger partial charge in [0.05, 0.1) is 31.5 Å². The van der Waals surface area contributed by atoms with Crippen molar-refractivity contribution in [1.29, 1.82) is 0 Å². The lowest BCUT2D eigenvalue weighted by Crippen LogP contribution is -2.67. The highest BCUT2D eigenvalue weighted by Crippen LogP contribution is 2.47. The largest absolute Gasteiger partial charge is 0.492 e. The van der Waals surface area contributed by atoms with E-state index in [2.05, 4.69) is 79.4 Å². The quantitative estimate of drug-likeness (QED) is 0.0125. The topological polar surface area (TPSA) is 680 Å². The second-order valence-corrected chi connectivity index (χ2v) is 40.8. The van der Waals surface area contributed by atoms with E-state index in [1.807, 2.05) is 18.2 Å². The number of fused-ring (bicyclic) bond motifs is 2. The number of H-pyrrole nitrogens is 1. The fourth-order valence-corrected chi connectivity index (χ4v) is 20.5. The van der Waals surface area contributed by atoms with Crippen molar-refractivity contribution in [2.45, 2.75) is 289 Å². The summed E-state index contributed by atoms with van der Waals surface area (Å²) in [5, 5.41) is 61.2. The Kier molecular flexibility index (Phi) is 41.1. The van der Waals surface area contributed by atoms with Crippen LogP contribution in [0, 0.1) is 11.8 Å². The summed E-state index contributed by atoms with van der Waals surface area (Å²) in [6, 6.07) is 6.48. The number of aromatic nitrogens is 1. The summed E-state index contributed by atoms with van der Waals surface area (Å²) in [5.74, 6) is -17.2. The van der Waals surface area contributed by atoms with Gasteiger partial charge in [0.1, 0.15) is 84.4 Å². The number of nitrogens with one attached hydrogen (secondary N) is 15. The molecule has 1 aromatic heterocycles. The second-order valence-electron chi connectivity index (χ2n) is 37.3. The first-order valence-electron chi connectivity index (χ1n) is 47.0. The van der Waals surface area contributed by atoms with Crippen molar-refractivity contribution >= 4 is 150 Å². The van der Waals surface area contributed by atoms with Gasteiger partial charge in [-0.15, -0.1) is 0 Å². The zero-order chi connectivity index (χ0) is 102. The number of carbonyl (C=O) groups excluding carboxylic acids is 18. The van der Waals surface area contributed by atoms with E-state index in [1.54, 1.807) is 79.0 Å². The molecular formula is C95H134N20O22S2. The van der Waals surface area contributed by atoms with E-state index in [4.69, 9.17) is 38.1 Å². The van der Waals surface area contributed by atoms with E-state index in [-0.39, 0.29) is 89.4 Å². The Morgan fingerprint density at radius 2 is 1.14 bits per heavy atom. The van der Waals surface area contributed by atoms with Crippen molar-refractivity contribution in [3.63, 3.8) is 0 Å². The average Bonchev–Trinajstić information content (AvgIpc) is 1.49. The molecule has 4 aromatic carbocycles. The number of aliphatic hydroxyl groups excluding tert-OH is 2. The number of aromatic amines is 1. The molecule has 0 bridgehead atoms. The molecule has 2 aliphatic heterocycles. The zero-order valence-electron chi connectivity index (χ0n) is 79.3. The first-order valence-corrected chi connectivity index (χ1v) is 49.1. The maximum Gasteiger partial charge on any atom is 0.246 e. The molecular weight excluding hydrogens is 1840 g/mol. The lowest BCUT2D eigenvalue weighted by Gasteiger charge is -2.39. The Morgan fingerprint density at radius 3 is 1.80 bits per heavy atom. The summed E-state index contributed by atoms with van der Waals surface area (Å²) in [5.41, 5.74) is 27.6. The molecule has 3 heterocycles. The van der Waals surface area contributed by atoms with Crippen LogP contribution in [0.15, 0.2) is 97.2 Å². The molecule has 27 N–H and O–H groups in total. The van der Waals surface area contributed by atoms with E-state index < -0.39 is 227 Å². The predicted molar refractivity (Wildman–Crippen MR) is 516 cm³/mol. The van der Waals surface area contributed by atoms with Gasteiger partial charge in [-0.1, -0.05) is 107 Å². The van der Waals surface area contributed by atoms with Crippen molar-refractivity contribution in [3.05, 3.63) is 114 Å². The highest BCUT2D eigenvalue weighted by Gasteiger charge is 2.49. The molecule has 2 aliphatic carbocycles. The zero-order valence-corrected chi connectivity index (χ0v) is 81.0. The van der Waals surface area contributed by atoms with Crippen LogP contribution in [-0.2, 0) is 110 Å². The van der Waals surface area contributed by atoms with E-state index in [9.17, 15) is 67.7 Å². The Morgan fingerprint density at radius 1 is 0.554 bits per heavy atom. The number of nitrogens with two attached hydrogens (primary N) is 5. The Balaban J connectivity index is 1.12. The van der Waals surface area contributed by atoms with Crippen molar-refractivity contribution in [2.75, 3.05) is 32.9 Å². The minimum atomic E-state index is -2.02. The van der Waals surface area contributed by atoms with Crippen molar-refractivity contribution in [2.24, 2.45) is 40.5 Å². The maximum absolute atomic E-state index is 16.4. The number of hydrogen-bond acceptors (Lipinski definition) is 25. The van der Waals surface area contributed by atoms with Gasteiger partial charge >= 0.3 is 0 Å². The van der Waals surface area contributed by atoms with Crippen molar-refractivity contribution in [1.82, 2.24) is 79.4 Å². The van der Waals surface area contributed by atoms with Gasteiger partial charge in [0.2, 0.25) is 106 Å². The average molecular weight is 1970 g/mol. The first kappa shape index (κ1) is 110. The summed E-state index contributed by atoms with van der Waals surface area (Å²) in [7, 11) is 1.74. The molecule has 139 heavy (non-hydrogen) atoms. The molecule has 9 rings (SSSR count).